The summed E-state index contributed by atoms with van der Waals surface area (Å²) in [5.41, 5.74) is 3.96. The fourth-order valence-electron chi connectivity index (χ4n) is 1.11. The van der Waals surface area contributed by atoms with E-state index in [0.29, 0.717) is 5.11 Å². The molecule has 1 unspecified atom stereocenters. The van der Waals surface area contributed by atoms with Crippen molar-refractivity contribution in [2.45, 2.75) is 12.8 Å². The molecule has 0 radical (unpaired) electrons. The molecule has 0 bridgehead atoms. The van der Waals surface area contributed by atoms with Crippen LogP contribution in [-0.2, 0) is 0 Å². The van der Waals surface area contributed by atoms with E-state index in [1.165, 1.54) is 5.56 Å². The van der Waals surface area contributed by atoms with Crippen LogP contribution >= 0.6 is 12.2 Å². The summed E-state index contributed by atoms with van der Waals surface area (Å²) in [4.78, 5) is 0. The van der Waals surface area contributed by atoms with Crippen LogP contribution in [-0.4, -0.2) is 18.4 Å². The van der Waals surface area contributed by atoms with Crippen molar-refractivity contribution in [2.24, 2.45) is 5.10 Å². The minimum absolute atomic E-state index is 0.276. The minimum Gasteiger partial charge on any atom is -0.364 e. The fraction of sp³-hybridized carbons (Fsp3) is 0.273. The van der Waals surface area contributed by atoms with Gasteiger partial charge in [0.25, 0.3) is 0 Å². The summed E-state index contributed by atoms with van der Waals surface area (Å²) in [7, 11) is 1.76. The zero-order valence-corrected chi connectivity index (χ0v) is 9.71. The SMILES string of the molecule is CNC(=S)NN=CC(C)c1ccccc1. The number of thiocarbonyl (C=S) groups is 1. The van der Waals surface area contributed by atoms with E-state index in [-0.39, 0.29) is 5.92 Å². The highest BCUT2D eigenvalue weighted by atomic mass is 32.1. The predicted molar refractivity (Wildman–Crippen MR) is 68.1 cm³/mol. The maximum Gasteiger partial charge on any atom is 0.186 e. The Hall–Kier alpha value is -1.42. The van der Waals surface area contributed by atoms with Gasteiger partial charge in [0, 0.05) is 19.2 Å². The third-order valence-electron chi connectivity index (χ3n) is 2.02. The number of nitrogens with one attached hydrogen (secondary N) is 2. The number of nitrogens with zero attached hydrogens (tertiary/aromatic N) is 1. The average molecular weight is 221 g/mol. The average Bonchev–Trinajstić information content (AvgIpc) is 2.29. The van der Waals surface area contributed by atoms with Crippen molar-refractivity contribution in [1.82, 2.24) is 10.7 Å². The first kappa shape index (κ1) is 11.7. The van der Waals surface area contributed by atoms with Gasteiger partial charge in [-0.15, -0.1) is 0 Å². The Morgan fingerprint density at radius 3 is 2.67 bits per heavy atom. The van der Waals surface area contributed by atoms with Gasteiger partial charge < -0.3 is 5.32 Å². The van der Waals surface area contributed by atoms with Crippen LogP contribution in [0.15, 0.2) is 35.4 Å². The summed E-state index contributed by atoms with van der Waals surface area (Å²) >= 11 is 4.89. The van der Waals surface area contributed by atoms with Crippen LogP contribution < -0.4 is 10.7 Å². The van der Waals surface area contributed by atoms with Crippen molar-refractivity contribution in [1.29, 1.82) is 0 Å². The fourth-order valence-corrected chi connectivity index (χ4v) is 1.16. The van der Waals surface area contributed by atoms with Gasteiger partial charge in [0.1, 0.15) is 0 Å². The van der Waals surface area contributed by atoms with Crippen LogP contribution in [0.2, 0.25) is 0 Å². The first-order valence-electron chi connectivity index (χ1n) is 4.80. The molecule has 1 atom stereocenters. The lowest BCUT2D eigenvalue weighted by Gasteiger charge is -2.05. The molecule has 15 heavy (non-hydrogen) atoms. The number of hydrazone groups is 1. The van der Waals surface area contributed by atoms with Gasteiger partial charge in [-0.1, -0.05) is 37.3 Å². The standard InChI is InChI=1S/C11H15N3S/c1-9(8-13-14-11(15)12-2)10-6-4-3-5-7-10/h3-9H,1-2H3,(H2,12,14,15). The predicted octanol–water partition coefficient (Wildman–Crippen LogP) is 1.87. The lowest BCUT2D eigenvalue weighted by molar-refractivity contribution is 0.950. The molecule has 0 spiro atoms. The Balaban J connectivity index is 2.49. The topological polar surface area (TPSA) is 36.4 Å². The maximum absolute atomic E-state index is 4.89. The number of hydrogen-bond donors (Lipinski definition) is 2. The van der Waals surface area contributed by atoms with Gasteiger partial charge in [-0.2, -0.15) is 5.10 Å². The van der Waals surface area contributed by atoms with Crippen molar-refractivity contribution in [3.05, 3.63) is 35.9 Å². The van der Waals surface area contributed by atoms with Crippen LogP contribution in [0.1, 0.15) is 18.4 Å². The highest BCUT2D eigenvalue weighted by molar-refractivity contribution is 7.80. The highest BCUT2D eigenvalue weighted by Crippen LogP contribution is 2.11. The van der Waals surface area contributed by atoms with Gasteiger partial charge in [0.05, 0.1) is 0 Å². The number of hydrogen-bond acceptors (Lipinski definition) is 2. The molecular formula is C11H15N3S. The molecule has 0 aliphatic carbocycles. The lowest BCUT2D eigenvalue weighted by Crippen LogP contribution is -2.28. The first-order chi connectivity index (χ1) is 7.24. The second-order valence-corrected chi connectivity index (χ2v) is 3.58. The summed E-state index contributed by atoms with van der Waals surface area (Å²) in [5.74, 6) is 0.276. The van der Waals surface area contributed by atoms with Crippen molar-refractivity contribution in [2.75, 3.05) is 7.05 Å². The van der Waals surface area contributed by atoms with Crippen LogP contribution in [0.5, 0.6) is 0 Å². The van der Waals surface area contributed by atoms with Gasteiger partial charge in [0.15, 0.2) is 5.11 Å². The summed E-state index contributed by atoms with van der Waals surface area (Å²) in [6.07, 6.45) is 1.83. The zero-order chi connectivity index (χ0) is 11.1. The molecule has 4 heteroatoms. The van der Waals surface area contributed by atoms with E-state index in [1.807, 2.05) is 24.4 Å². The summed E-state index contributed by atoms with van der Waals surface area (Å²) in [6.45, 7) is 2.09. The Morgan fingerprint density at radius 1 is 1.40 bits per heavy atom. The molecule has 1 aromatic carbocycles. The van der Waals surface area contributed by atoms with Crippen LogP contribution in [0.3, 0.4) is 0 Å². The minimum atomic E-state index is 0.276. The molecule has 80 valence electrons. The molecular weight excluding hydrogens is 206 g/mol. The summed E-state index contributed by atoms with van der Waals surface area (Å²) in [6, 6.07) is 10.2. The van der Waals surface area contributed by atoms with Crippen molar-refractivity contribution in [3.63, 3.8) is 0 Å². The quantitative estimate of drug-likeness (QED) is 0.465. The second-order valence-electron chi connectivity index (χ2n) is 3.17. The van der Waals surface area contributed by atoms with Gasteiger partial charge in [0.2, 0.25) is 0 Å². The van der Waals surface area contributed by atoms with Crippen molar-refractivity contribution in [3.8, 4) is 0 Å². The largest absolute Gasteiger partial charge is 0.364 e. The summed E-state index contributed by atoms with van der Waals surface area (Å²) in [5, 5.41) is 7.34. The molecule has 0 saturated carbocycles. The van der Waals surface area contributed by atoms with Crippen LogP contribution in [0.4, 0.5) is 0 Å². The molecule has 1 aromatic rings. The molecule has 0 heterocycles. The molecule has 0 fully saturated rings. The molecule has 1 rings (SSSR count). The molecule has 0 aromatic heterocycles. The second kappa shape index (κ2) is 6.14. The molecule has 0 saturated heterocycles. The highest BCUT2D eigenvalue weighted by Gasteiger charge is 1.99. The zero-order valence-electron chi connectivity index (χ0n) is 8.90. The van der Waals surface area contributed by atoms with E-state index in [1.54, 1.807) is 7.05 Å². The molecule has 3 nitrogen and oxygen atoms in total. The van der Waals surface area contributed by atoms with Gasteiger partial charge in [-0.05, 0) is 17.8 Å². The van der Waals surface area contributed by atoms with E-state index < -0.39 is 0 Å². The van der Waals surface area contributed by atoms with Gasteiger partial charge in [-0.25, -0.2) is 0 Å². The van der Waals surface area contributed by atoms with E-state index in [9.17, 15) is 0 Å². The van der Waals surface area contributed by atoms with Gasteiger partial charge >= 0.3 is 0 Å². The Bertz CT molecular complexity index is 335. The van der Waals surface area contributed by atoms with E-state index in [4.69, 9.17) is 12.2 Å². The van der Waals surface area contributed by atoms with E-state index in [0.717, 1.165) is 0 Å². The monoisotopic (exact) mass is 221 g/mol. The number of benzene rings is 1. The molecule has 0 amide bonds. The van der Waals surface area contributed by atoms with E-state index in [2.05, 4.69) is 34.9 Å². The molecule has 0 aliphatic heterocycles. The molecule has 0 aliphatic rings. The Morgan fingerprint density at radius 2 is 2.07 bits per heavy atom. The number of rotatable bonds is 3. The van der Waals surface area contributed by atoms with Crippen molar-refractivity contribution >= 4 is 23.5 Å². The first-order valence-corrected chi connectivity index (χ1v) is 5.20. The van der Waals surface area contributed by atoms with E-state index >= 15 is 0 Å². The normalized spacial score (nSPS) is 12.4. The third-order valence-corrected chi connectivity index (χ3v) is 2.31. The van der Waals surface area contributed by atoms with Crippen LogP contribution in [0, 0.1) is 0 Å². The van der Waals surface area contributed by atoms with Gasteiger partial charge in [-0.3, -0.25) is 5.43 Å². The smallest absolute Gasteiger partial charge is 0.186 e. The maximum atomic E-state index is 4.89. The Labute approximate surface area is 95.6 Å². The van der Waals surface area contributed by atoms with Crippen LogP contribution in [0.25, 0.3) is 0 Å². The summed E-state index contributed by atoms with van der Waals surface area (Å²) < 4.78 is 0. The Kier molecular flexibility index (Phi) is 4.77. The lowest BCUT2D eigenvalue weighted by atomic mass is 10.0. The van der Waals surface area contributed by atoms with Crippen molar-refractivity contribution < 1.29 is 0 Å². The molecule has 2 N–H and O–H groups in total. The third kappa shape index (κ3) is 4.08.